The van der Waals surface area contributed by atoms with E-state index in [0.717, 1.165) is 23.4 Å². The van der Waals surface area contributed by atoms with Crippen LogP contribution in [0.25, 0.3) is 11.1 Å². The molecule has 0 unspecified atom stereocenters. The van der Waals surface area contributed by atoms with Gasteiger partial charge in [0, 0.05) is 6.42 Å². The van der Waals surface area contributed by atoms with Crippen LogP contribution in [0.2, 0.25) is 0 Å². The predicted molar refractivity (Wildman–Crippen MR) is 61.9 cm³/mol. The van der Waals surface area contributed by atoms with Gasteiger partial charge in [-0.05, 0) is 30.0 Å². The Morgan fingerprint density at radius 3 is 2.67 bits per heavy atom. The molecule has 0 aliphatic heterocycles. The summed E-state index contributed by atoms with van der Waals surface area (Å²) in [6.45, 7) is 8.62. The highest BCUT2D eigenvalue weighted by Gasteiger charge is 2.15. The van der Waals surface area contributed by atoms with Crippen molar-refractivity contribution in [3.05, 3.63) is 29.7 Å². The fourth-order valence-corrected chi connectivity index (χ4v) is 1.61. The summed E-state index contributed by atoms with van der Waals surface area (Å²) in [5.74, 6) is 0.836. The molecule has 0 fully saturated rings. The highest BCUT2D eigenvalue weighted by Crippen LogP contribution is 2.23. The van der Waals surface area contributed by atoms with Gasteiger partial charge >= 0.3 is 0 Å². The lowest BCUT2D eigenvalue weighted by atomic mass is 9.92. The fraction of sp³-hybridized carbons (Fsp3) is 0.462. The van der Waals surface area contributed by atoms with E-state index in [0.29, 0.717) is 0 Å². The van der Waals surface area contributed by atoms with E-state index >= 15 is 0 Å². The molecule has 0 saturated heterocycles. The van der Waals surface area contributed by atoms with Crippen LogP contribution in [0.5, 0.6) is 0 Å². The first-order chi connectivity index (χ1) is 6.94. The number of hydrogen-bond acceptors (Lipinski definition) is 2. The molecular weight excluding hydrogens is 186 g/mol. The highest BCUT2D eigenvalue weighted by atomic mass is 16.3. The lowest BCUT2D eigenvalue weighted by Gasteiger charge is -2.14. The Labute approximate surface area is 90.3 Å². The maximum Gasteiger partial charge on any atom is 0.195 e. The van der Waals surface area contributed by atoms with Crippen molar-refractivity contribution in [2.45, 2.75) is 34.1 Å². The van der Waals surface area contributed by atoms with Gasteiger partial charge in [-0.2, -0.15) is 0 Å². The van der Waals surface area contributed by atoms with E-state index in [2.05, 4.69) is 38.7 Å². The maximum absolute atomic E-state index is 5.71. The molecule has 2 nitrogen and oxygen atoms in total. The normalized spacial score (nSPS) is 12.3. The van der Waals surface area contributed by atoms with Crippen LogP contribution in [0.15, 0.2) is 22.6 Å². The molecule has 15 heavy (non-hydrogen) atoms. The van der Waals surface area contributed by atoms with Gasteiger partial charge in [-0.15, -0.1) is 0 Å². The van der Waals surface area contributed by atoms with Gasteiger partial charge < -0.3 is 4.42 Å². The SMILES string of the molecule is Cc1ccc2nc(CC(C)(C)C)oc2c1. The Kier molecular flexibility index (Phi) is 2.29. The van der Waals surface area contributed by atoms with Crippen molar-refractivity contribution >= 4 is 11.1 Å². The van der Waals surface area contributed by atoms with Crippen LogP contribution in [0.3, 0.4) is 0 Å². The Hall–Kier alpha value is -1.31. The number of fused-ring (bicyclic) bond motifs is 1. The van der Waals surface area contributed by atoms with Crippen LogP contribution >= 0.6 is 0 Å². The minimum Gasteiger partial charge on any atom is -0.441 e. The van der Waals surface area contributed by atoms with Gasteiger partial charge in [0.1, 0.15) is 5.52 Å². The van der Waals surface area contributed by atoms with Gasteiger partial charge in [0.15, 0.2) is 11.5 Å². The third-order valence-corrected chi connectivity index (χ3v) is 2.27. The van der Waals surface area contributed by atoms with Crippen molar-refractivity contribution in [3.8, 4) is 0 Å². The second kappa shape index (κ2) is 3.37. The molecule has 2 heteroatoms. The van der Waals surface area contributed by atoms with E-state index in [4.69, 9.17) is 4.42 Å². The van der Waals surface area contributed by atoms with E-state index in [9.17, 15) is 0 Å². The Morgan fingerprint density at radius 1 is 1.27 bits per heavy atom. The zero-order valence-electron chi connectivity index (χ0n) is 9.79. The molecule has 1 heterocycles. The smallest absolute Gasteiger partial charge is 0.195 e. The van der Waals surface area contributed by atoms with Gasteiger partial charge in [-0.25, -0.2) is 4.98 Å². The highest BCUT2D eigenvalue weighted by molar-refractivity contribution is 5.73. The minimum absolute atomic E-state index is 0.218. The first-order valence-electron chi connectivity index (χ1n) is 5.30. The number of aryl methyl sites for hydroxylation is 1. The largest absolute Gasteiger partial charge is 0.441 e. The second-order valence-corrected chi connectivity index (χ2v) is 5.32. The van der Waals surface area contributed by atoms with Gasteiger partial charge in [-0.1, -0.05) is 26.8 Å². The summed E-state index contributed by atoms with van der Waals surface area (Å²) in [6.07, 6.45) is 0.876. The molecule has 0 saturated carbocycles. The lowest BCUT2D eigenvalue weighted by Crippen LogP contribution is -2.09. The quantitative estimate of drug-likeness (QED) is 0.706. The van der Waals surface area contributed by atoms with E-state index < -0.39 is 0 Å². The summed E-state index contributed by atoms with van der Waals surface area (Å²) in [5.41, 5.74) is 3.28. The third-order valence-electron chi connectivity index (χ3n) is 2.27. The van der Waals surface area contributed by atoms with Crippen molar-refractivity contribution in [2.24, 2.45) is 5.41 Å². The van der Waals surface area contributed by atoms with Gasteiger partial charge in [0.05, 0.1) is 0 Å². The topological polar surface area (TPSA) is 26.0 Å². The first-order valence-corrected chi connectivity index (χ1v) is 5.30. The van der Waals surface area contributed by atoms with Crippen molar-refractivity contribution in [2.75, 3.05) is 0 Å². The fourth-order valence-electron chi connectivity index (χ4n) is 1.61. The molecule has 0 N–H and O–H groups in total. The van der Waals surface area contributed by atoms with Crippen LogP contribution < -0.4 is 0 Å². The zero-order valence-corrected chi connectivity index (χ0v) is 9.79. The zero-order chi connectivity index (χ0) is 11.1. The lowest BCUT2D eigenvalue weighted by molar-refractivity contribution is 0.362. The molecule has 1 aromatic carbocycles. The second-order valence-electron chi connectivity index (χ2n) is 5.32. The maximum atomic E-state index is 5.71. The number of benzene rings is 1. The molecule has 80 valence electrons. The van der Waals surface area contributed by atoms with Crippen LogP contribution in [0, 0.1) is 12.3 Å². The van der Waals surface area contributed by atoms with Crippen LogP contribution in [0.1, 0.15) is 32.2 Å². The van der Waals surface area contributed by atoms with Crippen molar-refractivity contribution in [3.63, 3.8) is 0 Å². The van der Waals surface area contributed by atoms with Crippen molar-refractivity contribution < 1.29 is 4.42 Å². The van der Waals surface area contributed by atoms with E-state index in [1.807, 2.05) is 12.1 Å². The Balaban J connectivity index is 2.39. The minimum atomic E-state index is 0.218. The van der Waals surface area contributed by atoms with Gasteiger partial charge in [0.25, 0.3) is 0 Å². The molecular formula is C13H17NO. The summed E-state index contributed by atoms with van der Waals surface area (Å²) in [4.78, 5) is 4.47. The van der Waals surface area contributed by atoms with E-state index in [1.165, 1.54) is 5.56 Å². The average Bonchev–Trinajstić information content (AvgIpc) is 2.42. The molecule has 0 amide bonds. The van der Waals surface area contributed by atoms with Gasteiger partial charge in [0.2, 0.25) is 0 Å². The number of aromatic nitrogens is 1. The summed E-state index contributed by atoms with van der Waals surface area (Å²) in [7, 11) is 0. The number of hydrogen-bond donors (Lipinski definition) is 0. The number of nitrogens with zero attached hydrogens (tertiary/aromatic N) is 1. The third kappa shape index (κ3) is 2.38. The summed E-state index contributed by atoms with van der Waals surface area (Å²) in [5, 5.41) is 0. The molecule has 0 bridgehead atoms. The summed E-state index contributed by atoms with van der Waals surface area (Å²) in [6, 6.07) is 6.11. The van der Waals surface area contributed by atoms with Crippen LogP contribution in [0.4, 0.5) is 0 Å². The Morgan fingerprint density at radius 2 is 2.00 bits per heavy atom. The molecule has 0 spiro atoms. The Bertz CT molecular complexity index is 477. The summed E-state index contributed by atoms with van der Waals surface area (Å²) >= 11 is 0. The van der Waals surface area contributed by atoms with E-state index in [1.54, 1.807) is 0 Å². The molecule has 1 aromatic heterocycles. The molecule has 2 rings (SSSR count). The molecule has 0 atom stereocenters. The average molecular weight is 203 g/mol. The predicted octanol–water partition coefficient (Wildman–Crippen LogP) is 3.72. The molecule has 0 radical (unpaired) electrons. The van der Waals surface area contributed by atoms with E-state index in [-0.39, 0.29) is 5.41 Å². The first kappa shape index (κ1) is 10.2. The van der Waals surface area contributed by atoms with Crippen LogP contribution in [-0.4, -0.2) is 4.98 Å². The molecule has 2 aromatic rings. The van der Waals surface area contributed by atoms with Gasteiger partial charge in [-0.3, -0.25) is 0 Å². The summed E-state index contributed by atoms with van der Waals surface area (Å²) < 4.78 is 5.71. The van der Waals surface area contributed by atoms with Crippen molar-refractivity contribution in [1.29, 1.82) is 0 Å². The molecule has 0 aliphatic rings. The van der Waals surface area contributed by atoms with Crippen LogP contribution in [-0.2, 0) is 6.42 Å². The molecule has 0 aliphatic carbocycles. The number of rotatable bonds is 1. The standard InChI is InChI=1S/C13H17NO/c1-9-5-6-10-11(7-9)15-12(14-10)8-13(2,3)4/h5-7H,8H2,1-4H3. The number of oxazole rings is 1. The monoisotopic (exact) mass is 203 g/mol. The van der Waals surface area contributed by atoms with Crippen molar-refractivity contribution in [1.82, 2.24) is 4.98 Å².